The number of fused-ring (bicyclic) bond motifs is 1. The maximum absolute atomic E-state index is 10.4. The monoisotopic (exact) mass is 399 g/mol. The number of nitrogens with zero attached hydrogens (tertiary/aromatic N) is 5. The fourth-order valence-corrected chi connectivity index (χ4v) is 4.68. The van der Waals surface area contributed by atoms with Gasteiger partial charge in [0.05, 0.1) is 10.8 Å². The Kier molecular flexibility index (Phi) is 4.68. The number of hydrogen-bond donors (Lipinski definition) is 5. The first kappa shape index (κ1) is 17.8. The zero-order valence-corrected chi connectivity index (χ0v) is 15.2. The minimum Gasteiger partial charge on any atom is -0.394 e. The van der Waals surface area contributed by atoms with Crippen molar-refractivity contribution in [1.82, 2.24) is 29.4 Å². The molecular formula is C13H17N7O4S2. The number of anilines is 1. The van der Waals surface area contributed by atoms with E-state index in [1.54, 1.807) is 4.57 Å². The van der Waals surface area contributed by atoms with E-state index in [1.807, 2.05) is 17.7 Å². The molecule has 26 heavy (non-hydrogen) atoms. The van der Waals surface area contributed by atoms with Gasteiger partial charge in [0.15, 0.2) is 28.4 Å². The molecule has 2 aliphatic heterocycles. The molecule has 0 aliphatic carbocycles. The lowest BCUT2D eigenvalue weighted by Gasteiger charge is -2.19. The van der Waals surface area contributed by atoms with E-state index in [9.17, 15) is 15.3 Å². The smallest absolute Gasteiger partial charge is 0.178 e. The molecule has 13 heteroatoms. The molecule has 4 atom stereocenters. The lowest BCUT2D eigenvalue weighted by Crippen LogP contribution is -2.33. The number of rotatable bonds is 4. The van der Waals surface area contributed by atoms with E-state index in [2.05, 4.69) is 20.4 Å². The Bertz CT molecular complexity index is 862. The van der Waals surface area contributed by atoms with Crippen LogP contribution >= 0.6 is 23.7 Å². The maximum Gasteiger partial charge on any atom is 0.178 e. The lowest BCUT2D eigenvalue weighted by molar-refractivity contribution is -0.0548. The second-order valence-corrected chi connectivity index (χ2v) is 8.15. The van der Waals surface area contributed by atoms with Crippen LogP contribution in [0.5, 0.6) is 0 Å². The van der Waals surface area contributed by atoms with E-state index in [-0.39, 0.29) is 5.82 Å². The van der Waals surface area contributed by atoms with Crippen molar-refractivity contribution in [2.24, 2.45) is 0 Å². The molecule has 140 valence electrons. The third-order valence-electron chi connectivity index (χ3n) is 4.03. The predicted octanol–water partition coefficient (Wildman–Crippen LogP) is -0.991. The van der Waals surface area contributed by atoms with Gasteiger partial charge >= 0.3 is 0 Å². The van der Waals surface area contributed by atoms with Crippen LogP contribution in [0.3, 0.4) is 0 Å². The summed E-state index contributed by atoms with van der Waals surface area (Å²) in [4.78, 5) is 12.7. The number of thioether (sulfide) groups is 1. The summed E-state index contributed by atoms with van der Waals surface area (Å²) in [7, 11) is 1.87. The highest BCUT2D eigenvalue weighted by atomic mass is 32.2. The number of imidazole rings is 1. The summed E-state index contributed by atoms with van der Waals surface area (Å²) in [6.07, 6.45) is -1.26. The fourth-order valence-electron chi connectivity index (χ4n) is 2.77. The van der Waals surface area contributed by atoms with Crippen molar-refractivity contribution in [2.45, 2.75) is 29.7 Å². The van der Waals surface area contributed by atoms with Gasteiger partial charge in [0.2, 0.25) is 0 Å². The first-order valence-electron chi connectivity index (χ1n) is 7.66. The Hall–Kier alpha value is -1.61. The molecule has 6 N–H and O–H groups in total. The molecule has 0 unspecified atom stereocenters. The molecule has 2 aromatic heterocycles. The van der Waals surface area contributed by atoms with E-state index in [1.165, 1.54) is 30.0 Å². The molecule has 1 fully saturated rings. The van der Waals surface area contributed by atoms with Gasteiger partial charge in [-0.15, -0.1) is 0 Å². The van der Waals surface area contributed by atoms with Gasteiger partial charge < -0.3 is 31.2 Å². The van der Waals surface area contributed by atoms with Crippen LogP contribution in [0, 0.1) is 0 Å². The number of nitrogens with two attached hydrogens (primary N) is 1. The zero-order chi connectivity index (χ0) is 18.4. The average Bonchev–Trinajstić information content (AvgIpc) is 3.27. The summed E-state index contributed by atoms with van der Waals surface area (Å²) in [5.74, 6) is 0.200. The number of aliphatic hydroxyl groups is 3. The number of hydrazine groups is 1. The summed E-state index contributed by atoms with van der Waals surface area (Å²) >= 11 is 2.79. The molecule has 1 saturated heterocycles. The average molecular weight is 399 g/mol. The van der Waals surface area contributed by atoms with Gasteiger partial charge in [-0.2, -0.15) is 4.41 Å². The Morgan fingerprint density at radius 1 is 1.38 bits per heavy atom. The first-order valence-corrected chi connectivity index (χ1v) is 9.25. The molecule has 0 spiro atoms. The predicted molar refractivity (Wildman–Crippen MR) is 95.2 cm³/mol. The third kappa shape index (κ3) is 2.90. The van der Waals surface area contributed by atoms with Gasteiger partial charge in [-0.3, -0.25) is 4.57 Å². The van der Waals surface area contributed by atoms with Crippen LogP contribution in [0.15, 0.2) is 21.9 Å². The van der Waals surface area contributed by atoms with Gasteiger partial charge in [-0.1, -0.05) is 0 Å². The molecule has 0 radical (unpaired) electrons. The SMILES string of the molecule is CN1NC=C(Sc2nc3c(N)ncnc3n2[C@@H]2O[C@H](CO)[C@@H](O)[C@H]2O)S1. The number of aromatic nitrogens is 4. The molecule has 0 aromatic carbocycles. The summed E-state index contributed by atoms with van der Waals surface area (Å²) in [5, 5.41) is 30.4. The summed E-state index contributed by atoms with van der Waals surface area (Å²) in [5.41, 5.74) is 9.69. The van der Waals surface area contributed by atoms with Gasteiger partial charge in [0.1, 0.15) is 24.6 Å². The normalized spacial score (nSPS) is 29.3. The topological polar surface area (TPSA) is 155 Å². The molecular weight excluding hydrogens is 382 g/mol. The zero-order valence-electron chi connectivity index (χ0n) is 13.6. The van der Waals surface area contributed by atoms with Crippen molar-refractivity contribution in [3.05, 3.63) is 16.8 Å². The van der Waals surface area contributed by atoms with Crippen LogP contribution < -0.4 is 11.2 Å². The fraction of sp³-hybridized carbons (Fsp3) is 0.462. The van der Waals surface area contributed by atoms with E-state index in [0.29, 0.717) is 16.3 Å². The van der Waals surface area contributed by atoms with Crippen LogP contribution in [-0.4, -0.2) is 71.2 Å². The highest BCUT2D eigenvalue weighted by Gasteiger charge is 2.45. The first-order chi connectivity index (χ1) is 12.5. The van der Waals surface area contributed by atoms with Gasteiger partial charge in [-0.05, 0) is 23.7 Å². The largest absolute Gasteiger partial charge is 0.394 e. The van der Waals surface area contributed by atoms with Crippen LogP contribution in [0.25, 0.3) is 11.2 Å². The minimum absolute atomic E-state index is 0.200. The molecule has 0 saturated carbocycles. The molecule has 2 aliphatic rings. The van der Waals surface area contributed by atoms with Crippen molar-refractivity contribution in [2.75, 3.05) is 19.4 Å². The highest BCUT2D eigenvalue weighted by Crippen LogP contribution is 2.42. The lowest BCUT2D eigenvalue weighted by atomic mass is 10.1. The van der Waals surface area contributed by atoms with Gasteiger partial charge in [0, 0.05) is 13.2 Å². The van der Waals surface area contributed by atoms with Crippen molar-refractivity contribution in [1.29, 1.82) is 0 Å². The van der Waals surface area contributed by atoms with E-state index < -0.39 is 31.1 Å². The van der Waals surface area contributed by atoms with Crippen molar-refractivity contribution in [3.63, 3.8) is 0 Å². The third-order valence-corrected chi connectivity index (χ3v) is 5.97. The Morgan fingerprint density at radius 2 is 2.19 bits per heavy atom. The van der Waals surface area contributed by atoms with Gasteiger partial charge in [-0.25, -0.2) is 15.0 Å². The maximum atomic E-state index is 10.4. The molecule has 11 nitrogen and oxygen atoms in total. The van der Waals surface area contributed by atoms with Crippen molar-refractivity contribution >= 4 is 40.7 Å². The van der Waals surface area contributed by atoms with Crippen LogP contribution in [0.1, 0.15) is 6.23 Å². The quantitative estimate of drug-likeness (QED) is 0.401. The van der Waals surface area contributed by atoms with Crippen molar-refractivity contribution < 1.29 is 20.1 Å². The molecule has 4 heterocycles. The van der Waals surface area contributed by atoms with Crippen LogP contribution in [0.4, 0.5) is 5.82 Å². The highest BCUT2D eigenvalue weighted by molar-refractivity contribution is 8.21. The van der Waals surface area contributed by atoms with Crippen molar-refractivity contribution in [3.8, 4) is 0 Å². The summed E-state index contributed by atoms with van der Waals surface area (Å²) in [6, 6.07) is 0. The summed E-state index contributed by atoms with van der Waals surface area (Å²) < 4.78 is 9.95. The second kappa shape index (κ2) is 6.84. The van der Waals surface area contributed by atoms with E-state index >= 15 is 0 Å². The molecule has 0 bridgehead atoms. The van der Waals surface area contributed by atoms with E-state index in [4.69, 9.17) is 10.5 Å². The standard InChI is InChI=1S/C13H17N7O4S2/c1-19-17-2-6(26-19)25-13-18-7-10(14)15-4-16-11(7)20(13)12-9(23)8(22)5(3-21)24-12/h2,4-5,8-9,12,17,21-23H,3H2,1H3,(H2,14,15,16)/t5-,8-,9-,12-/m1/s1. The number of nitrogen functional groups attached to an aromatic ring is 1. The second-order valence-electron chi connectivity index (χ2n) is 5.71. The Balaban J connectivity index is 1.79. The van der Waals surface area contributed by atoms with Crippen LogP contribution in [0.2, 0.25) is 0 Å². The molecule has 4 rings (SSSR count). The van der Waals surface area contributed by atoms with Gasteiger partial charge in [0.25, 0.3) is 0 Å². The molecule has 0 amide bonds. The Labute approximate surface area is 156 Å². The number of nitrogens with one attached hydrogen (secondary N) is 1. The molecule has 2 aromatic rings. The summed E-state index contributed by atoms with van der Waals surface area (Å²) in [6.45, 7) is -0.420. The van der Waals surface area contributed by atoms with E-state index in [0.717, 1.165) is 4.24 Å². The number of hydrogen-bond acceptors (Lipinski definition) is 12. The Morgan fingerprint density at radius 3 is 2.85 bits per heavy atom. The number of aliphatic hydroxyl groups excluding tert-OH is 3. The van der Waals surface area contributed by atoms with Crippen LogP contribution in [-0.2, 0) is 4.74 Å². The minimum atomic E-state index is -1.26. The number of ether oxygens (including phenoxy) is 1.